The molecule has 11 heavy (non-hydrogen) atoms. The minimum atomic E-state index is 0.257. The van der Waals surface area contributed by atoms with Gasteiger partial charge in [0.1, 0.15) is 0 Å². The Morgan fingerprint density at radius 3 is 2.18 bits per heavy atom. The summed E-state index contributed by atoms with van der Waals surface area (Å²) < 4.78 is 0. The lowest BCUT2D eigenvalue weighted by Gasteiger charge is -2.18. The van der Waals surface area contributed by atoms with Crippen LogP contribution in [0.25, 0.3) is 0 Å². The highest BCUT2D eigenvalue weighted by molar-refractivity contribution is 6.12. The van der Waals surface area contributed by atoms with Crippen molar-refractivity contribution >= 4 is 7.85 Å². The molecule has 2 radical (unpaired) electrons. The molecule has 0 aromatic rings. The van der Waals surface area contributed by atoms with Crippen LogP contribution < -0.4 is 5.73 Å². The molecule has 0 aromatic carbocycles. The molecule has 1 aliphatic rings. The molecule has 0 bridgehead atoms. The summed E-state index contributed by atoms with van der Waals surface area (Å²) >= 11 is 0. The van der Waals surface area contributed by atoms with E-state index in [4.69, 9.17) is 13.6 Å². The zero-order valence-electron chi connectivity index (χ0n) is 7.26. The first-order valence-corrected chi connectivity index (χ1v) is 4.82. The Morgan fingerprint density at radius 2 is 1.45 bits per heavy atom. The topological polar surface area (TPSA) is 26.0 Å². The number of hydrogen-bond acceptors (Lipinski definition) is 1. The molecule has 0 heterocycles. The largest absolute Gasteiger partial charge is 0.328 e. The first kappa shape index (κ1) is 9.12. The van der Waals surface area contributed by atoms with Gasteiger partial charge >= 0.3 is 0 Å². The minimum Gasteiger partial charge on any atom is -0.328 e. The monoisotopic (exact) mass is 151 g/mol. The third-order valence-corrected chi connectivity index (χ3v) is 2.62. The van der Waals surface area contributed by atoms with Crippen molar-refractivity contribution < 1.29 is 0 Å². The van der Waals surface area contributed by atoms with Gasteiger partial charge in [-0.05, 0) is 12.5 Å². The predicted molar refractivity (Wildman–Crippen MR) is 49.8 cm³/mol. The normalized spacial score (nSPS) is 35.4. The van der Waals surface area contributed by atoms with Crippen molar-refractivity contribution in [3.63, 3.8) is 0 Å². The Hall–Kier alpha value is 0.0249. The average Bonchev–Trinajstić information content (AvgIpc) is 2.07. The van der Waals surface area contributed by atoms with Crippen LogP contribution in [0.3, 0.4) is 0 Å². The van der Waals surface area contributed by atoms with Crippen LogP contribution in [0, 0.1) is 0 Å². The van der Waals surface area contributed by atoms with Crippen molar-refractivity contribution in [2.75, 3.05) is 0 Å². The maximum absolute atomic E-state index is 5.89. The van der Waals surface area contributed by atoms with E-state index in [1.54, 1.807) is 0 Å². The Bertz CT molecular complexity index is 93.7. The molecule has 1 fully saturated rings. The molecule has 2 unspecified atom stereocenters. The molecule has 62 valence electrons. The summed E-state index contributed by atoms with van der Waals surface area (Å²) in [6.07, 6.45) is 8.87. The third-order valence-electron chi connectivity index (χ3n) is 2.62. The SMILES string of the molecule is [B]C1CCCCCCCC1N. The van der Waals surface area contributed by atoms with Crippen LogP contribution in [-0.4, -0.2) is 13.9 Å². The first-order chi connectivity index (χ1) is 5.30. The lowest BCUT2D eigenvalue weighted by atomic mass is 9.76. The van der Waals surface area contributed by atoms with Gasteiger partial charge in [-0.15, -0.1) is 0 Å². The smallest absolute Gasteiger partial charge is 0.0720 e. The molecule has 0 aliphatic heterocycles. The van der Waals surface area contributed by atoms with Crippen LogP contribution in [-0.2, 0) is 0 Å². The molecule has 2 atom stereocenters. The van der Waals surface area contributed by atoms with Gasteiger partial charge in [0.25, 0.3) is 0 Å². The van der Waals surface area contributed by atoms with E-state index < -0.39 is 0 Å². The fourth-order valence-electron chi connectivity index (χ4n) is 1.72. The average molecular weight is 151 g/mol. The molecule has 2 N–H and O–H groups in total. The summed E-state index contributed by atoms with van der Waals surface area (Å²) in [4.78, 5) is 0. The fraction of sp³-hybridized carbons (Fsp3) is 1.00. The van der Waals surface area contributed by atoms with Crippen LogP contribution >= 0.6 is 0 Å². The van der Waals surface area contributed by atoms with Crippen molar-refractivity contribution in [1.29, 1.82) is 0 Å². The van der Waals surface area contributed by atoms with Gasteiger partial charge in [-0.3, -0.25) is 0 Å². The summed E-state index contributed by atoms with van der Waals surface area (Å²) in [6, 6.07) is 0.257. The van der Waals surface area contributed by atoms with Crippen molar-refractivity contribution in [3.8, 4) is 0 Å². The van der Waals surface area contributed by atoms with E-state index in [9.17, 15) is 0 Å². The molecule has 1 aliphatic carbocycles. The molecule has 0 aromatic heterocycles. The lowest BCUT2D eigenvalue weighted by molar-refractivity contribution is 0.533. The molecular weight excluding hydrogens is 133 g/mol. The van der Waals surface area contributed by atoms with Crippen LogP contribution in [0.2, 0.25) is 5.82 Å². The second-order valence-electron chi connectivity index (χ2n) is 3.67. The summed E-state index contributed by atoms with van der Waals surface area (Å²) in [5.41, 5.74) is 5.89. The van der Waals surface area contributed by atoms with Gasteiger partial charge in [0.15, 0.2) is 0 Å². The predicted octanol–water partition coefficient (Wildman–Crippen LogP) is 2.02. The first-order valence-electron chi connectivity index (χ1n) is 4.82. The minimum absolute atomic E-state index is 0.257. The van der Waals surface area contributed by atoms with Crippen LogP contribution in [0.4, 0.5) is 0 Å². The number of rotatable bonds is 0. The van der Waals surface area contributed by atoms with Gasteiger partial charge in [0.2, 0.25) is 0 Å². The Labute approximate surface area is 71.1 Å². The second kappa shape index (κ2) is 4.81. The van der Waals surface area contributed by atoms with Gasteiger partial charge in [-0.1, -0.05) is 44.3 Å². The maximum Gasteiger partial charge on any atom is 0.0720 e. The van der Waals surface area contributed by atoms with Crippen molar-refractivity contribution in [2.24, 2.45) is 5.73 Å². The van der Waals surface area contributed by atoms with Crippen LogP contribution in [0.5, 0.6) is 0 Å². The molecule has 1 saturated carbocycles. The van der Waals surface area contributed by atoms with E-state index in [0.717, 1.165) is 12.8 Å². The Balaban J connectivity index is 2.29. The quantitative estimate of drug-likeness (QED) is 0.526. The summed E-state index contributed by atoms with van der Waals surface area (Å²) in [5, 5.41) is 0. The lowest BCUT2D eigenvalue weighted by Crippen LogP contribution is -2.25. The van der Waals surface area contributed by atoms with Gasteiger partial charge in [-0.25, -0.2) is 0 Å². The molecule has 1 nitrogen and oxygen atoms in total. The van der Waals surface area contributed by atoms with Gasteiger partial charge in [0, 0.05) is 0 Å². The summed E-state index contributed by atoms with van der Waals surface area (Å²) in [5.74, 6) is 0.257. The third kappa shape index (κ3) is 3.28. The highest BCUT2D eigenvalue weighted by atomic mass is 14.6. The van der Waals surface area contributed by atoms with Gasteiger partial charge < -0.3 is 5.73 Å². The zero-order chi connectivity index (χ0) is 8.10. The molecule has 2 heteroatoms. The van der Waals surface area contributed by atoms with Crippen molar-refractivity contribution in [2.45, 2.75) is 56.8 Å². The standard InChI is InChI=1S/C9H18BN/c10-8-6-4-2-1-3-5-7-9(8)11/h8-9H,1-7,11H2. The summed E-state index contributed by atoms with van der Waals surface area (Å²) in [7, 11) is 5.89. The molecule has 1 rings (SSSR count). The van der Waals surface area contributed by atoms with E-state index in [2.05, 4.69) is 0 Å². The van der Waals surface area contributed by atoms with E-state index >= 15 is 0 Å². The molecular formula is C9H18BN. The Kier molecular flexibility index (Phi) is 3.99. The Morgan fingerprint density at radius 1 is 0.909 bits per heavy atom. The van der Waals surface area contributed by atoms with E-state index in [0.29, 0.717) is 0 Å². The van der Waals surface area contributed by atoms with Crippen LogP contribution in [0.15, 0.2) is 0 Å². The van der Waals surface area contributed by atoms with E-state index in [1.165, 1.54) is 32.1 Å². The molecule has 0 spiro atoms. The fourth-order valence-corrected chi connectivity index (χ4v) is 1.72. The van der Waals surface area contributed by atoms with Gasteiger partial charge in [0.05, 0.1) is 7.85 Å². The van der Waals surface area contributed by atoms with Gasteiger partial charge in [-0.2, -0.15) is 0 Å². The number of nitrogens with two attached hydrogens (primary N) is 1. The molecule has 0 saturated heterocycles. The zero-order valence-corrected chi connectivity index (χ0v) is 7.26. The maximum atomic E-state index is 5.89. The summed E-state index contributed by atoms with van der Waals surface area (Å²) in [6.45, 7) is 0. The molecule has 0 amide bonds. The van der Waals surface area contributed by atoms with Crippen molar-refractivity contribution in [3.05, 3.63) is 0 Å². The highest BCUT2D eigenvalue weighted by Crippen LogP contribution is 2.22. The van der Waals surface area contributed by atoms with Crippen molar-refractivity contribution in [1.82, 2.24) is 0 Å². The van der Waals surface area contributed by atoms with E-state index in [-0.39, 0.29) is 11.9 Å². The number of hydrogen-bond donors (Lipinski definition) is 1. The van der Waals surface area contributed by atoms with E-state index in [1.807, 2.05) is 0 Å². The van der Waals surface area contributed by atoms with Crippen LogP contribution in [0.1, 0.15) is 44.9 Å². The highest BCUT2D eigenvalue weighted by Gasteiger charge is 2.12. The second-order valence-corrected chi connectivity index (χ2v) is 3.67.